The normalized spacial score (nSPS) is 14.3. The molecule has 3 N–H and O–H groups in total. The van der Waals surface area contributed by atoms with Crippen LogP contribution in [0, 0.1) is 0 Å². The Morgan fingerprint density at radius 3 is 2.25 bits per heavy atom. The second-order valence-corrected chi connectivity index (χ2v) is 4.42. The van der Waals surface area contributed by atoms with Gasteiger partial charge in [0.2, 0.25) is 0 Å². The van der Waals surface area contributed by atoms with Crippen LogP contribution in [-0.2, 0) is 12.6 Å². The maximum absolute atomic E-state index is 12.5. The summed E-state index contributed by atoms with van der Waals surface area (Å²) >= 11 is 0. The lowest BCUT2D eigenvalue weighted by Gasteiger charge is -2.17. The topological polar surface area (TPSA) is 38.0 Å². The molecule has 0 aliphatic heterocycles. The predicted octanol–water partition coefficient (Wildman–Crippen LogP) is 3.42. The zero-order valence-electron chi connectivity index (χ0n) is 10.4. The van der Waals surface area contributed by atoms with Crippen molar-refractivity contribution >= 4 is 0 Å². The van der Waals surface area contributed by atoms with E-state index in [4.69, 9.17) is 5.84 Å². The van der Waals surface area contributed by atoms with Crippen molar-refractivity contribution in [2.45, 2.75) is 37.7 Å². The Labute approximate surface area is 111 Å². The molecule has 0 aliphatic rings. The van der Waals surface area contributed by atoms with Crippen LogP contribution in [0.3, 0.4) is 0 Å². The molecule has 0 saturated heterocycles. The van der Waals surface area contributed by atoms with Crippen LogP contribution in [0.1, 0.15) is 24.0 Å². The molecule has 1 rings (SSSR count). The lowest BCUT2D eigenvalue weighted by Crippen LogP contribution is -2.37. The van der Waals surface area contributed by atoms with Gasteiger partial charge in [-0.3, -0.25) is 11.3 Å². The molecule has 1 aromatic carbocycles. The van der Waals surface area contributed by atoms with Crippen LogP contribution in [0.2, 0.25) is 0 Å². The molecule has 0 aromatic heterocycles. The Balaban J connectivity index is 2.70. The second-order valence-electron chi connectivity index (χ2n) is 4.42. The monoisotopic (exact) mass is 300 g/mol. The average molecular weight is 300 g/mol. The predicted molar refractivity (Wildman–Crippen MR) is 61.5 cm³/mol. The van der Waals surface area contributed by atoms with Crippen molar-refractivity contribution in [1.29, 1.82) is 0 Å². The van der Waals surface area contributed by atoms with Crippen LogP contribution in [0.15, 0.2) is 24.3 Å². The highest BCUT2D eigenvalue weighted by Crippen LogP contribution is 2.30. The van der Waals surface area contributed by atoms with E-state index in [1.54, 1.807) is 0 Å². The number of rotatable bonds is 5. The summed E-state index contributed by atoms with van der Waals surface area (Å²) in [7, 11) is 0. The van der Waals surface area contributed by atoms with E-state index < -0.39 is 30.4 Å². The number of hydrazine groups is 1. The Hall–Kier alpha value is -1.28. The summed E-state index contributed by atoms with van der Waals surface area (Å²) in [5, 5.41) is 0. The lowest BCUT2D eigenvalue weighted by atomic mass is 10.0. The Bertz CT molecular complexity index is 427. The molecule has 0 amide bonds. The van der Waals surface area contributed by atoms with E-state index in [9.17, 15) is 26.3 Å². The van der Waals surface area contributed by atoms with Crippen LogP contribution >= 0.6 is 0 Å². The van der Waals surface area contributed by atoms with Crippen LogP contribution in [0.25, 0.3) is 0 Å². The average Bonchev–Trinajstić information content (AvgIpc) is 2.32. The van der Waals surface area contributed by atoms with Gasteiger partial charge in [-0.1, -0.05) is 18.2 Å². The van der Waals surface area contributed by atoms with Gasteiger partial charge in [0, 0.05) is 12.5 Å². The van der Waals surface area contributed by atoms with Crippen molar-refractivity contribution in [3.63, 3.8) is 0 Å². The molecule has 20 heavy (non-hydrogen) atoms. The summed E-state index contributed by atoms with van der Waals surface area (Å²) in [4.78, 5) is 0. The first-order valence-corrected chi connectivity index (χ1v) is 5.81. The summed E-state index contributed by atoms with van der Waals surface area (Å²) in [6, 6.07) is 3.73. The summed E-state index contributed by atoms with van der Waals surface area (Å²) in [6.45, 7) is 0. The molecule has 0 spiro atoms. The van der Waals surface area contributed by atoms with Gasteiger partial charge >= 0.3 is 12.4 Å². The van der Waals surface area contributed by atoms with E-state index in [0.29, 0.717) is 0 Å². The maximum Gasteiger partial charge on any atom is 0.416 e. The summed E-state index contributed by atoms with van der Waals surface area (Å²) in [6.07, 6.45) is -10.1. The van der Waals surface area contributed by atoms with Gasteiger partial charge in [0.05, 0.1) is 5.56 Å². The van der Waals surface area contributed by atoms with Gasteiger partial charge in [0.25, 0.3) is 0 Å². The van der Waals surface area contributed by atoms with Crippen molar-refractivity contribution in [2.75, 3.05) is 0 Å². The number of benzene rings is 1. The van der Waals surface area contributed by atoms with Crippen LogP contribution in [0.4, 0.5) is 26.3 Å². The highest BCUT2D eigenvalue weighted by molar-refractivity contribution is 5.26. The molecule has 0 heterocycles. The van der Waals surface area contributed by atoms with E-state index in [2.05, 4.69) is 5.43 Å². The fourth-order valence-corrected chi connectivity index (χ4v) is 1.74. The first-order valence-electron chi connectivity index (χ1n) is 5.81. The van der Waals surface area contributed by atoms with E-state index in [-0.39, 0.29) is 18.4 Å². The van der Waals surface area contributed by atoms with Crippen molar-refractivity contribution in [1.82, 2.24) is 5.43 Å². The van der Waals surface area contributed by atoms with Gasteiger partial charge in [-0.2, -0.15) is 26.3 Å². The minimum absolute atomic E-state index is 0.00347. The molecule has 114 valence electrons. The number of nitrogens with two attached hydrogens (primary N) is 1. The van der Waals surface area contributed by atoms with Crippen LogP contribution in [0.5, 0.6) is 0 Å². The lowest BCUT2D eigenvalue weighted by molar-refractivity contribution is -0.137. The second kappa shape index (κ2) is 6.45. The van der Waals surface area contributed by atoms with E-state index >= 15 is 0 Å². The molecule has 0 aliphatic carbocycles. The molecule has 8 heteroatoms. The van der Waals surface area contributed by atoms with Crippen molar-refractivity contribution in [2.24, 2.45) is 5.84 Å². The Morgan fingerprint density at radius 2 is 1.75 bits per heavy atom. The molecule has 1 unspecified atom stereocenters. The molecule has 0 bridgehead atoms. The Kier molecular flexibility index (Phi) is 5.41. The number of nitrogens with one attached hydrogen (secondary N) is 1. The summed E-state index contributed by atoms with van der Waals surface area (Å²) in [5.74, 6) is 5.13. The summed E-state index contributed by atoms with van der Waals surface area (Å²) < 4.78 is 73.8. The van der Waals surface area contributed by atoms with Gasteiger partial charge in [0.15, 0.2) is 0 Å². The largest absolute Gasteiger partial charge is 0.416 e. The van der Waals surface area contributed by atoms with Crippen molar-refractivity contribution < 1.29 is 26.3 Å². The van der Waals surface area contributed by atoms with Gasteiger partial charge in [-0.25, -0.2) is 0 Å². The van der Waals surface area contributed by atoms with Crippen molar-refractivity contribution in [3.05, 3.63) is 35.4 Å². The third-order valence-electron chi connectivity index (χ3n) is 2.75. The van der Waals surface area contributed by atoms with Gasteiger partial charge in [-0.15, -0.1) is 0 Å². The SMILES string of the molecule is NNC(CCC(F)(F)F)Cc1cccc(C(F)(F)F)c1. The van der Waals surface area contributed by atoms with Gasteiger partial charge in [0.1, 0.15) is 0 Å². The fourth-order valence-electron chi connectivity index (χ4n) is 1.74. The number of hydrogen-bond acceptors (Lipinski definition) is 2. The van der Waals surface area contributed by atoms with E-state index in [0.717, 1.165) is 12.1 Å². The standard InChI is InChI=1S/C12H14F6N2/c13-11(14,15)5-4-10(20-19)7-8-2-1-3-9(6-8)12(16,17)18/h1-3,6,10,20H,4-5,7,19H2. The zero-order valence-corrected chi connectivity index (χ0v) is 10.4. The highest BCUT2D eigenvalue weighted by Gasteiger charge is 2.31. The number of halogens is 6. The molecule has 0 radical (unpaired) electrons. The molecule has 1 atom stereocenters. The Morgan fingerprint density at radius 1 is 1.10 bits per heavy atom. The summed E-state index contributed by atoms with van der Waals surface area (Å²) in [5.41, 5.74) is 1.65. The van der Waals surface area contributed by atoms with Crippen molar-refractivity contribution in [3.8, 4) is 0 Å². The molecule has 0 saturated carbocycles. The molecular weight excluding hydrogens is 286 g/mol. The van der Waals surface area contributed by atoms with Gasteiger partial charge in [-0.05, 0) is 24.5 Å². The van der Waals surface area contributed by atoms with E-state index in [1.807, 2.05) is 0 Å². The zero-order chi connectivity index (χ0) is 15.4. The first kappa shape index (κ1) is 16.8. The molecule has 1 aromatic rings. The van der Waals surface area contributed by atoms with Crippen LogP contribution < -0.4 is 11.3 Å². The highest BCUT2D eigenvalue weighted by atomic mass is 19.4. The minimum Gasteiger partial charge on any atom is -0.271 e. The molecule has 0 fully saturated rings. The molecular formula is C12H14F6N2. The van der Waals surface area contributed by atoms with E-state index in [1.165, 1.54) is 12.1 Å². The number of hydrogen-bond donors (Lipinski definition) is 2. The molecule has 2 nitrogen and oxygen atoms in total. The minimum atomic E-state index is -4.48. The smallest absolute Gasteiger partial charge is 0.271 e. The first-order chi connectivity index (χ1) is 9.12. The number of alkyl halides is 6. The quantitative estimate of drug-likeness (QED) is 0.497. The van der Waals surface area contributed by atoms with Crippen LogP contribution in [-0.4, -0.2) is 12.2 Å². The fraction of sp³-hybridized carbons (Fsp3) is 0.500. The van der Waals surface area contributed by atoms with Gasteiger partial charge < -0.3 is 0 Å². The third-order valence-corrected chi connectivity index (χ3v) is 2.75. The third kappa shape index (κ3) is 5.79. The maximum atomic E-state index is 12.5.